The third kappa shape index (κ3) is 3.41. The maximum atomic E-state index is 11.8. The molecule has 2 rings (SSSR count). The van der Waals surface area contributed by atoms with Crippen LogP contribution >= 0.6 is 0 Å². The van der Waals surface area contributed by atoms with Gasteiger partial charge >= 0.3 is 5.97 Å². The molecule has 0 saturated carbocycles. The van der Waals surface area contributed by atoms with Crippen LogP contribution in [0.1, 0.15) is 22.0 Å². The number of carboxylic acids is 1. The van der Waals surface area contributed by atoms with E-state index in [1.54, 1.807) is 0 Å². The van der Waals surface area contributed by atoms with Crippen LogP contribution in [0.2, 0.25) is 0 Å². The van der Waals surface area contributed by atoms with Gasteiger partial charge in [-0.25, -0.2) is 0 Å². The predicted molar refractivity (Wildman–Crippen MR) is 60.4 cm³/mol. The van der Waals surface area contributed by atoms with Gasteiger partial charge in [-0.05, 0) is 6.07 Å². The summed E-state index contributed by atoms with van der Waals surface area (Å²) in [5.74, 6) is -0.916. The van der Waals surface area contributed by atoms with E-state index in [2.05, 4.69) is 15.5 Å². The van der Waals surface area contributed by atoms with Crippen LogP contribution in [0, 0.1) is 0 Å². The van der Waals surface area contributed by atoms with Crippen LogP contribution in [0.25, 0.3) is 0 Å². The summed E-state index contributed by atoms with van der Waals surface area (Å²) in [4.78, 5) is 26.2. The van der Waals surface area contributed by atoms with Crippen molar-refractivity contribution >= 4 is 11.9 Å². The SMILES string of the molecule is O=C(O)Cc1occc1C(=O)NCCc1ncno1. The highest BCUT2D eigenvalue weighted by molar-refractivity contribution is 5.95. The van der Waals surface area contributed by atoms with E-state index in [1.165, 1.54) is 18.7 Å². The lowest BCUT2D eigenvalue weighted by molar-refractivity contribution is -0.136. The predicted octanol–water partition coefficient (Wildman–Crippen LogP) is 0.262. The van der Waals surface area contributed by atoms with Gasteiger partial charge in [0.1, 0.15) is 12.2 Å². The number of carboxylic acid groups (broad SMARTS) is 1. The van der Waals surface area contributed by atoms with E-state index in [0.29, 0.717) is 18.9 Å². The van der Waals surface area contributed by atoms with E-state index < -0.39 is 11.9 Å². The number of aromatic nitrogens is 2. The first-order valence-electron chi connectivity index (χ1n) is 5.48. The van der Waals surface area contributed by atoms with Crippen LogP contribution < -0.4 is 5.32 Å². The van der Waals surface area contributed by atoms with Crippen LogP contribution in [0.3, 0.4) is 0 Å². The van der Waals surface area contributed by atoms with Crippen molar-refractivity contribution in [1.82, 2.24) is 15.5 Å². The molecule has 0 atom stereocenters. The molecule has 2 N–H and O–H groups in total. The Balaban J connectivity index is 1.89. The fourth-order valence-corrected chi connectivity index (χ4v) is 1.50. The van der Waals surface area contributed by atoms with Crippen molar-refractivity contribution in [2.24, 2.45) is 0 Å². The molecule has 2 heterocycles. The summed E-state index contributed by atoms with van der Waals surface area (Å²) in [7, 11) is 0. The van der Waals surface area contributed by atoms with E-state index in [4.69, 9.17) is 14.0 Å². The van der Waals surface area contributed by atoms with E-state index >= 15 is 0 Å². The molecular weight excluding hydrogens is 254 g/mol. The van der Waals surface area contributed by atoms with Crippen molar-refractivity contribution in [1.29, 1.82) is 0 Å². The van der Waals surface area contributed by atoms with Gasteiger partial charge in [0.15, 0.2) is 6.33 Å². The minimum atomic E-state index is -1.06. The molecule has 0 unspecified atom stereocenters. The Hall–Kier alpha value is -2.64. The molecule has 0 radical (unpaired) electrons. The average Bonchev–Trinajstić information content (AvgIpc) is 2.99. The van der Waals surface area contributed by atoms with Crippen molar-refractivity contribution in [3.05, 3.63) is 35.9 Å². The number of nitrogens with zero attached hydrogens (tertiary/aromatic N) is 2. The van der Waals surface area contributed by atoms with Crippen molar-refractivity contribution in [2.75, 3.05) is 6.54 Å². The quantitative estimate of drug-likeness (QED) is 0.768. The number of hydrogen-bond acceptors (Lipinski definition) is 6. The fraction of sp³-hybridized carbons (Fsp3) is 0.273. The van der Waals surface area contributed by atoms with Crippen LogP contribution in [-0.4, -0.2) is 33.7 Å². The minimum Gasteiger partial charge on any atom is -0.481 e. The van der Waals surface area contributed by atoms with Crippen molar-refractivity contribution in [3.8, 4) is 0 Å². The highest BCUT2D eigenvalue weighted by Gasteiger charge is 2.16. The molecule has 19 heavy (non-hydrogen) atoms. The Bertz CT molecular complexity index is 561. The number of aliphatic carboxylic acids is 1. The molecule has 8 nitrogen and oxygen atoms in total. The zero-order valence-electron chi connectivity index (χ0n) is 9.83. The molecule has 0 saturated heterocycles. The highest BCUT2D eigenvalue weighted by Crippen LogP contribution is 2.11. The third-order valence-electron chi connectivity index (χ3n) is 2.33. The summed E-state index contributed by atoms with van der Waals surface area (Å²) >= 11 is 0. The molecule has 0 aliphatic heterocycles. The summed E-state index contributed by atoms with van der Waals surface area (Å²) in [6.45, 7) is 0.304. The second kappa shape index (κ2) is 5.80. The summed E-state index contributed by atoms with van der Waals surface area (Å²) in [6.07, 6.45) is 2.63. The number of carbonyl (C=O) groups excluding carboxylic acids is 1. The smallest absolute Gasteiger partial charge is 0.311 e. The van der Waals surface area contributed by atoms with E-state index in [9.17, 15) is 9.59 Å². The van der Waals surface area contributed by atoms with Crippen LogP contribution in [0.4, 0.5) is 0 Å². The lowest BCUT2D eigenvalue weighted by Crippen LogP contribution is -2.26. The molecule has 100 valence electrons. The van der Waals surface area contributed by atoms with Gasteiger partial charge in [0.2, 0.25) is 5.89 Å². The van der Waals surface area contributed by atoms with Gasteiger partial charge in [0.05, 0.1) is 11.8 Å². The van der Waals surface area contributed by atoms with Crippen LogP contribution in [0.15, 0.2) is 27.6 Å². The number of nitrogens with one attached hydrogen (secondary N) is 1. The Morgan fingerprint density at radius 2 is 2.26 bits per heavy atom. The minimum absolute atomic E-state index is 0.128. The van der Waals surface area contributed by atoms with E-state index in [1.807, 2.05) is 0 Å². The maximum absolute atomic E-state index is 11.8. The van der Waals surface area contributed by atoms with Crippen molar-refractivity contribution in [2.45, 2.75) is 12.8 Å². The first kappa shape index (κ1) is 12.8. The van der Waals surface area contributed by atoms with E-state index in [-0.39, 0.29) is 17.7 Å². The van der Waals surface area contributed by atoms with Gasteiger partial charge in [0, 0.05) is 13.0 Å². The fourth-order valence-electron chi connectivity index (χ4n) is 1.50. The van der Waals surface area contributed by atoms with Gasteiger partial charge in [-0.1, -0.05) is 5.16 Å². The molecular formula is C11H11N3O5. The normalized spacial score (nSPS) is 10.3. The van der Waals surface area contributed by atoms with Crippen molar-refractivity contribution < 1.29 is 23.6 Å². The number of amides is 1. The van der Waals surface area contributed by atoms with Gasteiger partial charge in [-0.3, -0.25) is 9.59 Å². The number of carbonyl (C=O) groups is 2. The van der Waals surface area contributed by atoms with Crippen molar-refractivity contribution in [3.63, 3.8) is 0 Å². The maximum Gasteiger partial charge on any atom is 0.311 e. The second-order valence-electron chi connectivity index (χ2n) is 3.67. The molecule has 0 aliphatic rings. The number of hydrogen-bond donors (Lipinski definition) is 2. The average molecular weight is 265 g/mol. The first-order valence-corrected chi connectivity index (χ1v) is 5.48. The standard InChI is InChI=1S/C11H11N3O5/c15-10(16)5-8-7(2-4-18-8)11(17)12-3-1-9-13-6-14-19-9/h2,4,6H,1,3,5H2,(H,12,17)(H,15,16). The number of furan rings is 1. The van der Waals surface area contributed by atoms with E-state index in [0.717, 1.165) is 0 Å². The summed E-state index contributed by atoms with van der Waals surface area (Å²) < 4.78 is 9.74. The number of rotatable bonds is 6. The second-order valence-corrected chi connectivity index (χ2v) is 3.67. The monoisotopic (exact) mass is 265 g/mol. The topological polar surface area (TPSA) is 118 Å². The first-order chi connectivity index (χ1) is 9.16. The Morgan fingerprint density at radius 3 is 2.95 bits per heavy atom. The molecule has 2 aromatic rings. The molecule has 0 aliphatic carbocycles. The molecule has 0 fully saturated rings. The Kier molecular flexibility index (Phi) is 3.91. The molecule has 8 heteroatoms. The third-order valence-corrected chi connectivity index (χ3v) is 2.33. The zero-order valence-corrected chi connectivity index (χ0v) is 9.83. The Morgan fingerprint density at radius 1 is 1.42 bits per heavy atom. The molecule has 0 bridgehead atoms. The summed E-state index contributed by atoms with van der Waals surface area (Å²) in [5, 5.41) is 14.7. The van der Waals surface area contributed by atoms with Gasteiger partial charge in [-0.2, -0.15) is 4.98 Å². The largest absolute Gasteiger partial charge is 0.481 e. The van der Waals surface area contributed by atoms with Crippen LogP contribution in [0.5, 0.6) is 0 Å². The van der Waals surface area contributed by atoms with Gasteiger partial charge in [0.25, 0.3) is 5.91 Å². The summed E-state index contributed by atoms with van der Waals surface area (Å²) in [5.41, 5.74) is 0.216. The summed E-state index contributed by atoms with van der Waals surface area (Å²) in [6, 6.07) is 1.43. The molecule has 1 amide bonds. The lowest BCUT2D eigenvalue weighted by Gasteiger charge is -2.02. The molecule has 0 aromatic carbocycles. The van der Waals surface area contributed by atoms with Crippen LogP contribution in [-0.2, 0) is 17.6 Å². The molecule has 2 aromatic heterocycles. The highest BCUT2D eigenvalue weighted by atomic mass is 16.5. The van der Waals surface area contributed by atoms with Gasteiger partial charge in [-0.15, -0.1) is 0 Å². The zero-order chi connectivity index (χ0) is 13.7. The van der Waals surface area contributed by atoms with Gasteiger partial charge < -0.3 is 19.4 Å². The Labute approximate surface area is 107 Å². The molecule has 0 spiro atoms. The lowest BCUT2D eigenvalue weighted by atomic mass is 10.2.